The van der Waals surface area contributed by atoms with Crippen molar-refractivity contribution < 1.29 is 4.74 Å². The number of hydrogen-bond acceptors (Lipinski definition) is 5. The smallest absolute Gasteiger partial charge is 0.145 e. The van der Waals surface area contributed by atoms with Gasteiger partial charge in [-0.25, -0.2) is 4.98 Å². The van der Waals surface area contributed by atoms with Gasteiger partial charge in [-0.3, -0.25) is 9.67 Å². The molecule has 0 aliphatic carbocycles. The quantitative estimate of drug-likeness (QED) is 0.682. The number of aryl methyl sites for hydroxylation is 1. The van der Waals surface area contributed by atoms with Crippen LogP contribution in [0.2, 0.25) is 0 Å². The highest BCUT2D eigenvalue weighted by molar-refractivity contribution is 5.54. The van der Waals surface area contributed by atoms with Crippen LogP contribution >= 0.6 is 0 Å². The Labute approximate surface area is 172 Å². The Hall–Kier alpha value is -2.73. The van der Waals surface area contributed by atoms with Gasteiger partial charge in [-0.1, -0.05) is 30.3 Å². The third-order valence-corrected chi connectivity index (χ3v) is 5.74. The molecule has 1 atom stereocenters. The number of aromatic nitrogens is 4. The average molecular weight is 392 g/mol. The lowest BCUT2D eigenvalue weighted by Gasteiger charge is -2.45. The van der Waals surface area contributed by atoms with Crippen molar-refractivity contribution in [3.63, 3.8) is 0 Å². The lowest BCUT2D eigenvalue weighted by molar-refractivity contribution is -0.0835. The summed E-state index contributed by atoms with van der Waals surface area (Å²) in [5.74, 6) is 0.780. The summed E-state index contributed by atoms with van der Waals surface area (Å²) in [6.45, 7) is 6.00. The van der Waals surface area contributed by atoms with Crippen LogP contribution in [0, 0.1) is 0 Å². The minimum absolute atomic E-state index is 0.0992. The molecule has 0 amide bonds. The third kappa shape index (κ3) is 4.48. The van der Waals surface area contributed by atoms with E-state index in [1.807, 2.05) is 19.3 Å². The zero-order valence-electron chi connectivity index (χ0n) is 17.4. The van der Waals surface area contributed by atoms with E-state index in [0.717, 1.165) is 49.6 Å². The van der Waals surface area contributed by atoms with E-state index >= 15 is 0 Å². The van der Waals surface area contributed by atoms with E-state index in [1.54, 1.807) is 17.1 Å². The normalized spacial score (nSPS) is 21.1. The summed E-state index contributed by atoms with van der Waals surface area (Å²) < 4.78 is 7.79. The Morgan fingerprint density at radius 2 is 1.93 bits per heavy atom. The molecular formula is C23H29N5O. The Balaban J connectivity index is 1.49. The maximum atomic E-state index is 6.02. The van der Waals surface area contributed by atoms with E-state index in [4.69, 9.17) is 4.74 Å². The van der Waals surface area contributed by atoms with Crippen LogP contribution in [-0.4, -0.2) is 38.5 Å². The fourth-order valence-electron chi connectivity index (χ4n) is 4.43. The summed E-state index contributed by atoms with van der Waals surface area (Å²) in [5, 5.41) is 7.90. The van der Waals surface area contributed by atoms with Crippen LogP contribution in [0.15, 0.2) is 55.0 Å². The van der Waals surface area contributed by atoms with Crippen molar-refractivity contribution in [2.75, 3.05) is 18.5 Å². The predicted octanol–water partition coefficient (Wildman–Crippen LogP) is 4.21. The van der Waals surface area contributed by atoms with Crippen LogP contribution < -0.4 is 5.32 Å². The first-order valence-corrected chi connectivity index (χ1v) is 10.2. The molecule has 1 aliphatic heterocycles. The molecule has 0 spiro atoms. The lowest BCUT2D eigenvalue weighted by Crippen LogP contribution is -2.44. The standard InChI is InChI=1S/C23H29N5O/c1-22(2)17-23(11-14-29-22,18-7-5-4-6-8-18)10-12-25-21-16-24-15-20(26-21)19-9-13-28(3)27-19/h4-9,13,15-16H,10-12,14,17H2,1-3H3,(H,25,26). The SMILES string of the molecule is Cn1ccc(-c2cncc(NCCC3(c4ccccc4)CCOC(C)(C)C3)n2)n1. The van der Waals surface area contributed by atoms with E-state index in [9.17, 15) is 0 Å². The number of ether oxygens (including phenoxy) is 1. The van der Waals surface area contributed by atoms with Gasteiger partial charge in [0.25, 0.3) is 0 Å². The molecule has 1 fully saturated rings. The molecule has 6 nitrogen and oxygen atoms in total. The van der Waals surface area contributed by atoms with E-state index in [2.05, 4.69) is 64.6 Å². The molecule has 3 aromatic rings. The first-order valence-electron chi connectivity index (χ1n) is 10.2. The molecule has 6 heteroatoms. The van der Waals surface area contributed by atoms with Crippen LogP contribution in [0.4, 0.5) is 5.82 Å². The lowest BCUT2D eigenvalue weighted by atomic mass is 9.67. The van der Waals surface area contributed by atoms with Crippen LogP contribution in [0.25, 0.3) is 11.4 Å². The molecule has 0 radical (unpaired) electrons. The van der Waals surface area contributed by atoms with Gasteiger partial charge in [0.05, 0.1) is 18.0 Å². The van der Waals surface area contributed by atoms with Crippen molar-refractivity contribution in [1.29, 1.82) is 0 Å². The molecule has 152 valence electrons. The van der Waals surface area contributed by atoms with E-state index in [0.29, 0.717) is 0 Å². The van der Waals surface area contributed by atoms with Crippen molar-refractivity contribution in [2.24, 2.45) is 7.05 Å². The van der Waals surface area contributed by atoms with Crippen LogP contribution in [-0.2, 0) is 17.2 Å². The van der Waals surface area contributed by atoms with Gasteiger partial charge < -0.3 is 10.1 Å². The fraction of sp³-hybridized carbons (Fsp3) is 0.435. The zero-order chi connectivity index (χ0) is 20.3. The number of nitrogens with one attached hydrogen (secondary N) is 1. The Kier molecular flexibility index (Phi) is 5.37. The molecule has 1 saturated heterocycles. The maximum Gasteiger partial charge on any atom is 0.145 e. The molecular weight excluding hydrogens is 362 g/mol. The molecule has 29 heavy (non-hydrogen) atoms. The summed E-state index contributed by atoms with van der Waals surface area (Å²) in [5.41, 5.74) is 2.98. The highest BCUT2D eigenvalue weighted by Gasteiger charge is 2.41. The van der Waals surface area contributed by atoms with Gasteiger partial charge in [0.15, 0.2) is 0 Å². The van der Waals surface area contributed by atoms with E-state index in [-0.39, 0.29) is 11.0 Å². The maximum absolute atomic E-state index is 6.02. The van der Waals surface area contributed by atoms with Crippen LogP contribution in [0.3, 0.4) is 0 Å². The largest absolute Gasteiger partial charge is 0.376 e. The third-order valence-electron chi connectivity index (χ3n) is 5.74. The van der Waals surface area contributed by atoms with Crippen LogP contribution in [0.5, 0.6) is 0 Å². The summed E-state index contributed by atoms with van der Waals surface area (Å²) in [4.78, 5) is 9.03. The van der Waals surface area contributed by atoms with Gasteiger partial charge in [0.2, 0.25) is 0 Å². The molecule has 0 bridgehead atoms. The topological polar surface area (TPSA) is 64.9 Å². The minimum atomic E-state index is -0.118. The Morgan fingerprint density at radius 1 is 1.10 bits per heavy atom. The number of benzene rings is 1. The van der Waals surface area contributed by atoms with Gasteiger partial charge in [0.1, 0.15) is 17.2 Å². The predicted molar refractivity (Wildman–Crippen MR) is 115 cm³/mol. The second-order valence-electron chi connectivity index (χ2n) is 8.52. The van der Waals surface area contributed by atoms with E-state index < -0.39 is 0 Å². The first-order chi connectivity index (χ1) is 14.0. The molecule has 1 unspecified atom stereocenters. The van der Waals surface area contributed by atoms with Crippen molar-refractivity contribution >= 4 is 5.82 Å². The van der Waals surface area contributed by atoms with Crippen molar-refractivity contribution in [3.8, 4) is 11.4 Å². The van der Waals surface area contributed by atoms with E-state index in [1.165, 1.54) is 5.56 Å². The summed E-state index contributed by atoms with van der Waals surface area (Å²) in [6, 6.07) is 12.8. The Bertz CT molecular complexity index is 953. The van der Waals surface area contributed by atoms with Gasteiger partial charge in [-0.15, -0.1) is 0 Å². The number of anilines is 1. The second kappa shape index (κ2) is 7.95. The number of hydrogen-bond donors (Lipinski definition) is 1. The van der Waals surface area contributed by atoms with Gasteiger partial charge in [-0.2, -0.15) is 5.10 Å². The van der Waals surface area contributed by atoms with Crippen molar-refractivity contribution in [1.82, 2.24) is 19.7 Å². The molecule has 2 aromatic heterocycles. The summed E-state index contributed by atoms with van der Waals surface area (Å²) in [7, 11) is 1.90. The van der Waals surface area contributed by atoms with Crippen molar-refractivity contribution in [3.05, 3.63) is 60.6 Å². The molecule has 1 aliphatic rings. The highest BCUT2D eigenvalue weighted by Crippen LogP contribution is 2.43. The monoisotopic (exact) mass is 391 g/mol. The first kappa shape index (κ1) is 19.6. The fourth-order valence-corrected chi connectivity index (χ4v) is 4.43. The second-order valence-corrected chi connectivity index (χ2v) is 8.52. The summed E-state index contributed by atoms with van der Waals surface area (Å²) >= 11 is 0. The molecule has 1 aromatic carbocycles. The molecule has 1 N–H and O–H groups in total. The molecule has 3 heterocycles. The minimum Gasteiger partial charge on any atom is -0.376 e. The van der Waals surface area contributed by atoms with Crippen LogP contribution in [0.1, 0.15) is 38.7 Å². The van der Waals surface area contributed by atoms with Crippen molar-refractivity contribution in [2.45, 2.75) is 44.1 Å². The summed E-state index contributed by atoms with van der Waals surface area (Å²) in [6.07, 6.45) is 8.48. The Morgan fingerprint density at radius 3 is 2.66 bits per heavy atom. The van der Waals surface area contributed by atoms with Gasteiger partial charge in [-0.05, 0) is 44.7 Å². The number of nitrogens with zero attached hydrogens (tertiary/aromatic N) is 4. The number of rotatable bonds is 6. The zero-order valence-corrected chi connectivity index (χ0v) is 17.4. The molecule has 4 rings (SSSR count). The highest BCUT2D eigenvalue weighted by atomic mass is 16.5. The molecule has 0 saturated carbocycles. The average Bonchev–Trinajstić information content (AvgIpc) is 3.15. The van der Waals surface area contributed by atoms with Gasteiger partial charge >= 0.3 is 0 Å². The van der Waals surface area contributed by atoms with Gasteiger partial charge in [0, 0.05) is 31.8 Å².